The van der Waals surface area contributed by atoms with E-state index in [1.807, 2.05) is 0 Å². The predicted molar refractivity (Wildman–Crippen MR) is 114 cm³/mol. The minimum atomic E-state index is -1.25. The number of carboxylic acid groups (broad SMARTS) is 2. The Morgan fingerprint density at radius 1 is 0.562 bits per heavy atom. The molecule has 0 heterocycles. The molecule has 162 valence electrons. The van der Waals surface area contributed by atoms with Gasteiger partial charge in [-0.25, -0.2) is 19.2 Å². The lowest BCUT2D eigenvalue weighted by Gasteiger charge is -2.17. The van der Waals surface area contributed by atoms with Crippen LogP contribution in [0.2, 0.25) is 0 Å². The van der Waals surface area contributed by atoms with Crippen LogP contribution in [0.4, 0.5) is 0 Å². The van der Waals surface area contributed by atoms with Gasteiger partial charge in [0, 0.05) is 11.1 Å². The minimum Gasteiger partial charge on any atom is -0.478 e. The van der Waals surface area contributed by atoms with Gasteiger partial charge in [0.05, 0.1) is 36.5 Å². The Balaban J connectivity index is 2.30. The number of carbonyl (C=O) groups is 4. The van der Waals surface area contributed by atoms with Crippen molar-refractivity contribution in [3.8, 4) is 22.3 Å². The first kappa shape index (κ1) is 22.2. The van der Waals surface area contributed by atoms with Gasteiger partial charge in [-0.05, 0) is 47.5 Å². The summed E-state index contributed by atoms with van der Waals surface area (Å²) in [4.78, 5) is 47.5. The van der Waals surface area contributed by atoms with Gasteiger partial charge in [0.25, 0.3) is 0 Å². The van der Waals surface area contributed by atoms with E-state index in [4.69, 9.17) is 0 Å². The van der Waals surface area contributed by atoms with Crippen LogP contribution in [0.25, 0.3) is 22.3 Å². The van der Waals surface area contributed by atoms with Crippen molar-refractivity contribution in [2.75, 3.05) is 14.2 Å². The average molecular weight is 434 g/mol. The molecule has 0 radical (unpaired) electrons. The molecule has 0 aliphatic rings. The molecule has 0 unspecified atom stereocenters. The Morgan fingerprint density at radius 2 is 0.875 bits per heavy atom. The van der Waals surface area contributed by atoms with Gasteiger partial charge in [0.2, 0.25) is 0 Å². The third-order valence-electron chi connectivity index (χ3n) is 4.86. The summed E-state index contributed by atoms with van der Waals surface area (Å²) in [6.07, 6.45) is 0. The van der Waals surface area contributed by atoms with Crippen molar-refractivity contribution in [3.63, 3.8) is 0 Å². The van der Waals surface area contributed by atoms with Crippen LogP contribution in [-0.4, -0.2) is 48.3 Å². The molecular weight excluding hydrogens is 416 g/mol. The lowest BCUT2D eigenvalue weighted by atomic mass is 9.86. The number of benzene rings is 3. The molecule has 0 aliphatic heterocycles. The maximum Gasteiger partial charge on any atom is 0.337 e. The molecule has 0 spiro atoms. The van der Waals surface area contributed by atoms with Crippen LogP contribution in [0.3, 0.4) is 0 Å². The van der Waals surface area contributed by atoms with Crippen molar-refractivity contribution < 1.29 is 38.9 Å². The summed E-state index contributed by atoms with van der Waals surface area (Å²) in [5.74, 6) is -3.62. The second-order valence-corrected chi connectivity index (χ2v) is 6.66. The highest BCUT2D eigenvalue weighted by atomic mass is 16.5. The zero-order chi connectivity index (χ0) is 23.4. The second kappa shape index (κ2) is 9.13. The number of hydrogen-bond donors (Lipinski definition) is 2. The van der Waals surface area contributed by atoms with E-state index in [-0.39, 0.29) is 33.4 Å². The van der Waals surface area contributed by atoms with Gasteiger partial charge in [-0.1, -0.05) is 24.3 Å². The van der Waals surface area contributed by atoms with Crippen LogP contribution >= 0.6 is 0 Å². The fourth-order valence-corrected chi connectivity index (χ4v) is 3.34. The van der Waals surface area contributed by atoms with Gasteiger partial charge in [-0.2, -0.15) is 0 Å². The number of carbonyl (C=O) groups excluding carboxylic acids is 2. The van der Waals surface area contributed by atoms with Crippen molar-refractivity contribution in [2.45, 2.75) is 0 Å². The van der Waals surface area contributed by atoms with Crippen molar-refractivity contribution in [1.82, 2.24) is 0 Å². The van der Waals surface area contributed by atoms with Gasteiger partial charge < -0.3 is 19.7 Å². The van der Waals surface area contributed by atoms with E-state index in [1.54, 1.807) is 0 Å². The molecular formula is C24H18O8. The van der Waals surface area contributed by atoms with E-state index in [9.17, 15) is 29.4 Å². The van der Waals surface area contributed by atoms with E-state index in [2.05, 4.69) is 9.47 Å². The molecule has 0 saturated carbocycles. The van der Waals surface area contributed by atoms with Gasteiger partial charge in [0.15, 0.2) is 0 Å². The molecule has 0 saturated heterocycles. The number of rotatable bonds is 6. The van der Waals surface area contributed by atoms with Crippen molar-refractivity contribution >= 4 is 23.9 Å². The molecule has 2 N–H and O–H groups in total. The van der Waals surface area contributed by atoms with Gasteiger partial charge in [-0.15, -0.1) is 0 Å². The van der Waals surface area contributed by atoms with E-state index in [0.717, 1.165) is 0 Å². The zero-order valence-corrected chi connectivity index (χ0v) is 17.1. The van der Waals surface area contributed by atoms with Crippen LogP contribution in [0.5, 0.6) is 0 Å². The standard InChI is InChI=1S/C24H18O8/c1-31-23(29)15-7-3-13(4-8-15)19-17(21(25)26)11-12-18(22(27)28)20(19)14-5-9-16(10-6-14)24(30)32-2/h3-12H,1-2H3,(H,25,26)(H,27,28). The smallest absolute Gasteiger partial charge is 0.337 e. The SMILES string of the molecule is COC(=O)c1ccc(-c2c(C(=O)O)ccc(C(=O)O)c2-c2ccc(C(=O)OC)cc2)cc1. The number of aromatic carboxylic acids is 2. The minimum absolute atomic E-state index is 0.118. The second-order valence-electron chi connectivity index (χ2n) is 6.66. The highest BCUT2D eigenvalue weighted by Crippen LogP contribution is 2.38. The maximum atomic E-state index is 12.0. The van der Waals surface area contributed by atoms with Crippen LogP contribution < -0.4 is 0 Å². The zero-order valence-electron chi connectivity index (χ0n) is 17.1. The Bertz CT molecular complexity index is 1110. The molecule has 3 aromatic rings. The third-order valence-corrected chi connectivity index (χ3v) is 4.86. The lowest BCUT2D eigenvalue weighted by molar-refractivity contribution is 0.0592. The molecule has 0 fully saturated rings. The summed E-state index contributed by atoms with van der Waals surface area (Å²) in [7, 11) is 2.48. The summed E-state index contributed by atoms with van der Waals surface area (Å²) in [5.41, 5.74) is 1.40. The Labute approximate surface area is 182 Å². The Hall–Kier alpha value is -4.46. The van der Waals surface area contributed by atoms with Crippen LogP contribution in [-0.2, 0) is 9.47 Å². The quantitative estimate of drug-likeness (QED) is 0.558. The molecule has 3 rings (SSSR count). The molecule has 0 aliphatic carbocycles. The molecule has 3 aromatic carbocycles. The summed E-state index contributed by atoms with van der Waals surface area (Å²) in [6.45, 7) is 0. The summed E-state index contributed by atoms with van der Waals surface area (Å²) in [5, 5.41) is 19.5. The number of esters is 2. The first-order valence-electron chi connectivity index (χ1n) is 9.29. The van der Waals surface area contributed by atoms with Gasteiger partial charge in [-0.3, -0.25) is 0 Å². The average Bonchev–Trinajstić information content (AvgIpc) is 2.82. The molecule has 0 atom stereocenters. The number of ether oxygens (including phenoxy) is 2. The molecule has 32 heavy (non-hydrogen) atoms. The van der Waals surface area contributed by atoms with Crippen molar-refractivity contribution in [1.29, 1.82) is 0 Å². The van der Waals surface area contributed by atoms with E-state index >= 15 is 0 Å². The molecule has 8 heteroatoms. The van der Waals surface area contributed by atoms with E-state index < -0.39 is 23.9 Å². The topological polar surface area (TPSA) is 127 Å². The van der Waals surface area contributed by atoms with Crippen molar-refractivity contribution in [3.05, 3.63) is 82.9 Å². The summed E-state index contributed by atoms with van der Waals surface area (Å²) >= 11 is 0. The Morgan fingerprint density at radius 3 is 1.12 bits per heavy atom. The highest BCUT2D eigenvalue weighted by Gasteiger charge is 2.24. The fourth-order valence-electron chi connectivity index (χ4n) is 3.34. The highest BCUT2D eigenvalue weighted by molar-refractivity contribution is 6.08. The molecule has 0 amide bonds. The lowest BCUT2D eigenvalue weighted by Crippen LogP contribution is -2.08. The van der Waals surface area contributed by atoms with Gasteiger partial charge >= 0.3 is 23.9 Å². The fraction of sp³-hybridized carbons (Fsp3) is 0.0833. The Kier molecular flexibility index (Phi) is 6.34. The number of hydrogen-bond acceptors (Lipinski definition) is 6. The van der Waals surface area contributed by atoms with Crippen molar-refractivity contribution in [2.24, 2.45) is 0 Å². The first-order chi connectivity index (χ1) is 15.3. The molecule has 0 bridgehead atoms. The first-order valence-corrected chi connectivity index (χ1v) is 9.29. The normalized spacial score (nSPS) is 10.3. The van der Waals surface area contributed by atoms with Gasteiger partial charge in [0.1, 0.15) is 0 Å². The molecule has 0 aromatic heterocycles. The molecule has 8 nitrogen and oxygen atoms in total. The maximum absolute atomic E-state index is 12.0. The van der Waals surface area contributed by atoms with Crippen LogP contribution in [0.15, 0.2) is 60.7 Å². The number of carboxylic acids is 2. The monoisotopic (exact) mass is 434 g/mol. The van der Waals surface area contributed by atoms with Crippen LogP contribution in [0.1, 0.15) is 41.4 Å². The summed E-state index contributed by atoms with van der Waals surface area (Å²) in [6, 6.07) is 14.4. The predicted octanol–water partition coefficient (Wildman–Crippen LogP) is 3.99. The third kappa shape index (κ3) is 4.20. The van der Waals surface area contributed by atoms with E-state index in [0.29, 0.717) is 11.1 Å². The summed E-state index contributed by atoms with van der Waals surface area (Å²) < 4.78 is 9.36. The number of methoxy groups -OCH3 is 2. The van der Waals surface area contributed by atoms with Crippen LogP contribution in [0, 0.1) is 0 Å². The van der Waals surface area contributed by atoms with E-state index in [1.165, 1.54) is 74.9 Å². The largest absolute Gasteiger partial charge is 0.478 e.